The zero-order valence-corrected chi connectivity index (χ0v) is 22.9. The molecule has 2 amide bonds. The van der Waals surface area contributed by atoms with Crippen LogP contribution in [0.3, 0.4) is 0 Å². The second-order valence-electron chi connectivity index (χ2n) is 10.5. The molecule has 2 saturated heterocycles. The van der Waals surface area contributed by atoms with Crippen LogP contribution in [0, 0.1) is 32.6 Å². The van der Waals surface area contributed by atoms with Crippen molar-refractivity contribution in [2.45, 2.75) is 53.4 Å². The van der Waals surface area contributed by atoms with E-state index < -0.39 is 0 Å². The lowest BCUT2D eigenvalue weighted by atomic mass is 10.0. The Labute approximate surface area is 220 Å². The van der Waals surface area contributed by atoms with E-state index in [1.165, 1.54) is 0 Å². The van der Waals surface area contributed by atoms with E-state index in [-0.39, 0.29) is 11.8 Å². The number of pyridine rings is 1. The number of hydrogen-bond acceptors (Lipinski definition) is 4. The van der Waals surface area contributed by atoms with Crippen LogP contribution in [0.25, 0.3) is 0 Å². The number of hydrogen-bond donors (Lipinski definition) is 0. The zero-order chi connectivity index (χ0) is 25.8. The van der Waals surface area contributed by atoms with Crippen molar-refractivity contribution in [3.63, 3.8) is 0 Å². The van der Waals surface area contributed by atoms with Gasteiger partial charge in [0.2, 0.25) is 5.91 Å². The summed E-state index contributed by atoms with van der Waals surface area (Å²) >= 11 is 6.37. The third kappa shape index (κ3) is 5.92. The third-order valence-corrected chi connectivity index (χ3v) is 8.19. The quantitative estimate of drug-likeness (QED) is 0.460. The predicted molar refractivity (Wildman–Crippen MR) is 146 cm³/mol. The lowest BCUT2D eigenvalue weighted by Crippen LogP contribution is -2.36. The van der Waals surface area contributed by atoms with Crippen molar-refractivity contribution < 1.29 is 9.59 Å². The molecule has 2 fully saturated rings. The molecule has 2 unspecified atom stereocenters. The average molecular weight is 511 g/mol. The lowest BCUT2D eigenvalue weighted by molar-refractivity contribution is -0.118. The number of rotatable bonds is 9. The van der Waals surface area contributed by atoms with Crippen molar-refractivity contribution in [2.24, 2.45) is 11.8 Å². The number of benzene rings is 1. The topological polar surface area (TPSA) is 56.8 Å². The number of anilines is 1. The number of fused-ring (bicyclic) bond motifs is 1. The van der Waals surface area contributed by atoms with E-state index in [0.29, 0.717) is 29.8 Å². The summed E-state index contributed by atoms with van der Waals surface area (Å²) in [7, 11) is 0. The molecule has 194 valence electrons. The summed E-state index contributed by atoms with van der Waals surface area (Å²) in [5.74, 6) is 1.33. The fourth-order valence-electron chi connectivity index (χ4n) is 5.68. The SMILES string of the molecule is CCCCC(=O)N(CCCN1CC2CN(C(=O)c3c(C)ccnc3C)CC2C1)c1ccc(C)c(Cl)c1. The van der Waals surface area contributed by atoms with Crippen LogP contribution in [0.2, 0.25) is 5.02 Å². The third-order valence-electron chi connectivity index (χ3n) is 7.78. The molecule has 1 aromatic heterocycles. The molecule has 2 aromatic rings. The van der Waals surface area contributed by atoms with Gasteiger partial charge in [0.25, 0.3) is 5.91 Å². The normalized spacial score (nSPS) is 19.5. The van der Waals surface area contributed by atoms with Crippen LogP contribution in [0.5, 0.6) is 0 Å². The van der Waals surface area contributed by atoms with Crippen LogP contribution in [0.15, 0.2) is 30.5 Å². The molecule has 7 heteroatoms. The predicted octanol–water partition coefficient (Wildman–Crippen LogP) is 5.28. The molecule has 2 atom stereocenters. The van der Waals surface area contributed by atoms with Crippen LogP contribution in [0.1, 0.15) is 59.8 Å². The van der Waals surface area contributed by atoms with Crippen molar-refractivity contribution in [2.75, 3.05) is 44.2 Å². The number of aryl methyl sites for hydroxylation is 3. The number of carbonyl (C=O) groups excluding carboxylic acids is 2. The average Bonchev–Trinajstić information content (AvgIpc) is 3.41. The molecule has 0 saturated carbocycles. The molecule has 6 nitrogen and oxygen atoms in total. The molecule has 0 radical (unpaired) electrons. The lowest BCUT2D eigenvalue weighted by Gasteiger charge is -2.26. The first-order valence-corrected chi connectivity index (χ1v) is 13.7. The van der Waals surface area contributed by atoms with Gasteiger partial charge in [-0.3, -0.25) is 14.6 Å². The number of unbranched alkanes of at least 4 members (excludes halogenated alkanes) is 1. The van der Waals surface area contributed by atoms with Gasteiger partial charge in [0.15, 0.2) is 0 Å². The molecule has 2 aliphatic heterocycles. The minimum Gasteiger partial charge on any atom is -0.338 e. The highest BCUT2D eigenvalue weighted by molar-refractivity contribution is 6.31. The first-order chi connectivity index (χ1) is 17.3. The molecule has 0 N–H and O–H groups in total. The van der Waals surface area contributed by atoms with Crippen LogP contribution < -0.4 is 4.90 Å². The van der Waals surface area contributed by atoms with Crippen molar-refractivity contribution in [3.8, 4) is 0 Å². The Morgan fingerprint density at radius 1 is 1.03 bits per heavy atom. The molecule has 2 aliphatic rings. The first kappa shape index (κ1) is 26.6. The summed E-state index contributed by atoms with van der Waals surface area (Å²) in [6.45, 7) is 13.3. The second kappa shape index (κ2) is 11.7. The van der Waals surface area contributed by atoms with Crippen molar-refractivity contribution in [3.05, 3.63) is 57.9 Å². The maximum Gasteiger partial charge on any atom is 0.255 e. The van der Waals surface area contributed by atoms with Crippen LogP contribution in [-0.4, -0.2) is 65.9 Å². The van der Waals surface area contributed by atoms with Crippen molar-refractivity contribution in [1.29, 1.82) is 0 Å². The summed E-state index contributed by atoms with van der Waals surface area (Å²) in [5.41, 5.74) is 4.48. The number of nitrogens with zero attached hydrogens (tertiary/aromatic N) is 4. The van der Waals surface area contributed by atoms with Crippen LogP contribution in [0.4, 0.5) is 5.69 Å². The van der Waals surface area contributed by atoms with Crippen LogP contribution in [-0.2, 0) is 4.79 Å². The van der Waals surface area contributed by atoms with E-state index in [2.05, 4.69) is 16.8 Å². The maximum atomic E-state index is 13.2. The summed E-state index contributed by atoms with van der Waals surface area (Å²) in [5, 5.41) is 0.698. The minimum absolute atomic E-state index is 0.122. The molecule has 1 aromatic carbocycles. The van der Waals surface area contributed by atoms with Gasteiger partial charge in [-0.1, -0.05) is 31.0 Å². The van der Waals surface area contributed by atoms with Crippen molar-refractivity contribution >= 4 is 29.1 Å². The summed E-state index contributed by atoms with van der Waals surface area (Å²) in [4.78, 5) is 37.0. The van der Waals surface area contributed by atoms with Gasteiger partial charge in [-0.15, -0.1) is 0 Å². The highest BCUT2D eigenvalue weighted by Crippen LogP contribution is 2.33. The molecule has 0 aliphatic carbocycles. The molecular weight excluding hydrogens is 472 g/mol. The Hall–Kier alpha value is -2.44. The van der Waals surface area contributed by atoms with Gasteiger partial charge >= 0.3 is 0 Å². The van der Waals surface area contributed by atoms with Gasteiger partial charge in [-0.25, -0.2) is 0 Å². The second-order valence-corrected chi connectivity index (χ2v) is 10.9. The first-order valence-electron chi connectivity index (χ1n) is 13.3. The summed E-state index contributed by atoms with van der Waals surface area (Å²) in [6, 6.07) is 7.82. The molecular formula is C29H39ClN4O2. The standard InChI is InChI=1S/C29H39ClN4O2/c1-5-6-8-27(35)34(25-10-9-20(2)26(30)15-25)14-7-13-32-16-23-18-33(19-24(23)17-32)29(36)28-21(3)11-12-31-22(28)4/h9-12,15,23-24H,5-8,13-14,16-19H2,1-4H3. The number of halogens is 1. The van der Waals surface area contributed by atoms with Crippen LogP contribution >= 0.6 is 11.6 Å². The molecule has 36 heavy (non-hydrogen) atoms. The van der Waals surface area contributed by atoms with E-state index in [1.54, 1.807) is 6.20 Å². The zero-order valence-electron chi connectivity index (χ0n) is 22.1. The van der Waals surface area contributed by atoms with Gasteiger partial charge in [0.05, 0.1) is 11.3 Å². The summed E-state index contributed by atoms with van der Waals surface area (Å²) < 4.78 is 0. The van der Waals surface area contributed by atoms with Crippen molar-refractivity contribution in [1.82, 2.24) is 14.8 Å². The van der Waals surface area contributed by atoms with Gasteiger partial charge in [0.1, 0.15) is 0 Å². The Morgan fingerprint density at radius 2 is 1.75 bits per heavy atom. The van der Waals surface area contributed by atoms with E-state index in [9.17, 15) is 9.59 Å². The maximum absolute atomic E-state index is 13.2. The fourth-order valence-corrected chi connectivity index (χ4v) is 5.85. The van der Waals surface area contributed by atoms with E-state index in [0.717, 1.165) is 80.1 Å². The van der Waals surface area contributed by atoms with Gasteiger partial charge in [0, 0.05) is 56.1 Å². The Bertz CT molecular complexity index is 1070. The monoisotopic (exact) mass is 510 g/mol. The molecule has 4 rings (SSSR count). The minimum atomic E-state index is 0.122. The smallest absolute Gasteiger partial charge is 0.255 e. The molecule has 0 bridgehead atoms. The largest absolute Gasteiger partial charge is 0.338 e. The Morgan fingerprint density at radius 3 is 2.39 bits per heavy atom. The van der Waals surface area contributed by atoms with Gasteiger partial charge in [-0.05, 0) is 81.3 Å². The van der Waals surface area contributed by atoms with Gasteiger partial charge in [-0.2, -0.15) is 0 Å². The number of likely N-dealkylation sites (tertiary alicyclic amines) is 2. The number of amides is 2. The number of carbonyl (C=O) groups is 2. The van der Waals surface area contributed by atoms with E-state index in [1.807, 2.05) is 54.8 Å². The fraction of sp³-hybridized carbons (Fsp3) is 0.552. The van der Waals surface area contributed by atoms with E-state index >= 15 is 0 Å². The Kier molecular flexibility index (Phi) is 8.68. The highest BCUT2D eigenvalue weighted by atomic mass is 35.5. The molecule has 0 spiro atoms. The van der Waals surface area contributed by atoms with Gasteiger partial charge < -0.3 is 14.7 Å². The molecule has 3 heterocycles. The van der Waals surface area contributed by atoms with E-state index in [4.69, 9.17) is 11.6 Å². The summed E-state index contributed by atoms with van der Waals surface area (Å²) in [6.07, 6.45) is 5.15. The highest BCUT2D eigenvalue weighted by Gasteiger charge is 2.41. The Balaban J connectivity index is 1.31. The number of aromatic nitrogens is 1.